The van der Waals surface area contributed by atoms with Gasteiger partial charge in [0.25, 0.3) is 0 Å². The number of ether oxygens (including phenoxy) is 1. The zero-order valence-corrected chi connectivity index (χ0v) is 15.4. The van der Waals surface area contributed by atoms with Crippen molar-refractivity contribution in [3.05, 3.63) is 60.2 Å². The van der Waals surface area contributed by atoms with Crippen LogP contribution in [0.25, 0.3) is 0 Å². The first kappa shape index (κ1) is 19.0. The number of aliphatic carboxylic acids is 1. The molecule has 1 aliphatic rings. The number of carbonyl (C=O) groups excluding carboxylic acids is 2. The van der Waals surface area contributed by atoms with Crippen LogP contribution in [0.15, 0.2) is 54.6 Å². The number of nitrogens with zero attached hydrogens (tertiary/aromatic N) is 1. The molecule has 0 saturated carbocycles. The second-order valence-corrected chi connectivity index (χ2v) is 7.24. The van der Waals surface area contributed by atoms with Crippen LogP contribution in [0, 0.1) is 0 Å². The normalized spacial score (nSPS) is 16.4. The topological polar surface area (TPSA) is 83.9 Å². The Balaban J connectivity index is 1.60. The van der Waals surface area contributed by atoms with Gasteiger partial charge in [-0.05, 0) is 42.7 Å². The monoisotopic (exact) mass is 385 g/mol. The number of carboxylic acid groups (broad SMARTS) is 1. The molecule has 1 amide bonds. The van der Waals surface area contributed by atoms with E-state index in [4.69, 9.17) is 9.84 Å². The molecule has 1 heterocycles. The Bertz CT molecular complexity index is 822. The highest BCUT2D eigenvalue weighted by atomic mass is 32.2. The second kappa shape index (κ2) is 8.73. The van der Waals surface area contributed by atoms with Crippen molar-refractivity contribution < 1.29 is 24.2 Å². The fraction of sp³-hybridized carbons (Fsp3) is 0.250. The van der Waals surface area contributed by atoms with Gasteiger partial charge in [-0.2, -0.15) is 0 Å². The summed E-state index contributed by atoms with van der Waals surface area (Å²) >= 11 is 0.715. The number of amides is 1. The highest BCUT2D eigenvalue weighted by molar-refractivity contribution is 8.12. The zero-order chi connectivity index (χ0) is 19.2. The van der Waals surface area contributed by atoms with Crippen LogP contribution in [-0.2, 0) is 20.8 Å². The predicted octanol–water partition coefficient (Wildman–Crippen LogP) is 3.66. The van der Waals surface area contributed by atoms with Gasteiger partial charge in [-0.1, -0.05) is 30.3 Å². The van der Waals surface area contributed by atoms with Crippen LogP contribution in [0.1, 0.15) is 24.8 Å². The van der Waals surface area contributed by atoms with Gasteiger partial charge in [-0.3, -0.25) is 18.7 Å². The molecule has 1 atom stereocenters. The molecule has 6 nitrogen and oxygen atoms in total. The van der Waals surface area contributed by atoms with Gasteiger partial charge in [-0.15, -0.1) is 0 Å². The van der Waals surface area contributed by atoms with E-state index in [-0.39, 0.29) is 11.9 Å². The SMILES string of the molecule is O=C(O)CC(=O)SN1C(=O)CC[C@@H]1Cc1ccc(Oc2ccccc2)cc1. The maximum Gasteiger partial charge on any atom is 0.311 e. The lowest BCUT2D eigenvalue weighted by atomic mass is 10.0. The van der Waals surface area contributed by atoms with Crippen LogP contribution in [0.2, 0.25) is 0 Å². The lowest BCUT2D eigenvalue weighted by molar-refractivity contribution is -0.138. The number of hydrogen-bond acceptors (Lipinski definition) is 5. The minimum absolute atomic E-state index is 0.124. The number of para-hydroxylation sites is 1. The Morgan fingerprint density at radius 3 is 2.41 bits per heavy atom. The van der Waals surface area contributed by atoms with E-state index >= 15 is 0 Å². The summed E-state index contributed by atoms with van der Waals surface area (Å²) in [6.07, 6.45) is 1.03. The van der Waals surface area contributed by atoms with Crippen molar-refractivity contribution in [3.63, 3.8) is 0 Å². The molecule has 0 aliphatic carbocycles. The minimum Gasteiger partial charge on any atom is -0.481 e. The van der Waals surface area contributed by atoms with Gasteiger partial charge in [0.15, 0.2) is 0 Å². The van der Waals surface area contributed by atoms with E-state index in [0.717, 1.165) is 17.1 Å². The van der Waals surface area contributed by atoms with Crippen molar-refractivity contribution in [2.75, 3.05) is 0 Å². The maximum absolute atomic E-state index is 12.0. The minimum atomic E-state index is -1.19. The molecule has 0 aromatic heterocycles. The lowest BCUT2D eigenvalue weighted by Gasteiger charge is -2.22. The van der Waals surface area contributed by atoms with E-state index in [2.05, 4.69) is 0 Å². The third-order valence-corrected chi connectivity index (χ3v) is 5.18. The van der Waals surface area contributed by atoms with Crippen molar-refractivity contribution in [1.29, 1.82) is 0 Å². The van der Waals surface area contributed by atoms with E-state index in [1.807, 2.05) is 54.6 Å². The number of carboxylic acids is 1. The molecule has 1 fully saturated rings. The summed E-state index contributed by atoms with van der Waals surface area (Å²) in [5.41, 5.74) is 1.02. The van der Waals surface area contributed by atoms with Crippen LogP contribution in [0.5, 0.6) is 11.5 Å². The van der Waals surface area contributed by atoms with E-state index in [0.29, 0.717) is 31.2 Å². The molecule has 0 unspecified atom stereocenters. The molecule has 7 heteroatoms. The predicted molar refractivity (Wildman–Crippen MR) is 101 cm³/mol. The van der Waals surface area contributed by atoms with Crippen molar-refractivity contribution >= 4 is 28.9 Å². The molecule has 140 valence electrons. The van der Waals surface area contributed by atoms with Crippen LogP contribution in [0.3, 0.4) is 0 Å². The Hall–Kier alpha value is -2.80. The standard InChI is InChI=1S/C20H19NO5S/c22-18-11-8-15(21(18)27-20(25)13-19(23)24)12-14-6-9-17(10-7-14)26-16-4-2-1-3-5-16/h1-7,9-10,15H,8,11-13H2,(H,23,24)/t15-/m1/s1. The van der Waals surface area contributed by atoms with Crippen molar-refractivity contribution in [2.45, 2.75) is 31.7 Å². The van der Waals surface area contributed by atoms with Crippen LogP contribution in [-0.4, -0.2) is 32.4 Å². The smallest absolute Gasteiger partial charge is 0.311 e. The van der Waals surface area contributed by atoms with Crippen molar-refractivity contribution in [3.8, 4) is 11.5 Å². The quantitative estimate of drug-likeness (QED) is 0.578. The van der Waals surface area contributed by atoms with Gasteiger partial charge in [0.1, 0.15) is 17.9 Å². The zero-order valence-electron chi connectivity index (χ0n) is 14.5. The number of rotatable bonds is 7. The summed E-state index contributed by atoms with van der Waals surface area (Å²) < 4.78 is 7.19. The summed E-state index contributed by atoms with van der Waals surface area (Å²) in [6, 6.07) is 17.0. The van der Waals surface area contributed by atoms with E-state index < -0.39 is 17.5 Å². The summed E-state index contributed by atoms with van der Waals surface area (Å²) in [5.74, 6) is 0.152. The summed E-state index contributed by atoms with van der Waals surface area (Å²) in [7, 11) is 0. The molecule has 0 bridgehead atoms. The first-order valence-electron chi connectivity index (χ1n) is 8.58. The van der Waals surface area contributed by atoms with Gasteiger partial charge < -0.3 is 9.84 Å². The van der Waals surface area contributed by atoms with Crippen LogP contribution in [0.4, 0.5) is 0 Å². The van der Waals surface area contributed by atoms with Gasteiger partial charge in [0.05, 0.1) is 0 Å². The van der Waals surface area contributed by atoms with Gasteiger partial charge in [0, 0.05) is 24.4 Å². The molecule has 2 aromatic rings. The molecule has 27 heavy (non-hydrogen) atoms. The summed E-state index contributed by atoms with van der Waals surface area (Å²) in [5, 5.41) is 8.17. The number of benzene rings is 2. The highest BCUT2D eigenvalue weighted by Gasteiger charge is 2.33. The molecule has 0 spiro atoms. The van der Waals surface area contributed by atoms with Crippen LogP contribution < -0.4 is 4.74 Å². The molecule has 1 N–H and O–H groups in total. The molecular formula is C20H19NO5S. The van der Waals surface area contributed by atoms with E-state index in [1.54, 1.807) is 0 Å². The van der Waals surface area contributed by atoms with Crippen molar-refractivity contribution in [2.24, 2.45) is 0 Å². The molecule has 1 aliphatic heterocycles. The highest BCUT2D eigenvalue weighted by Crippen LogP contribution is 2.30. The average Bonchev–Trinajstić information content (AvgIpc) is 2.97. The first-order valence-corrected chi connectivity index (χ1v) is 9.35. The third-order valence-electron chi connectivity index (χ3n) is 4.14. The number of hydrogen-bond donors (Lipinski definition) is 1. The molecular weight excluding hydrogens is 366 g/mol. The fourth-order valence-electron chi connectivity index (χ4n) is 2.89. The molecule has 1 saturated heterocycles. The van der Waals surface area contributed by atoms with E-state index in [9.17, 15) is 14.4 Å². The third kappa shape index (κ3) is 5.34. The average molecular weight is 385 g/mol. The second-order valence-electron chi connectivity index (χ2n) is 6.21. The summed E-state index contributed by atoms with van der Waals surface area (Å²) in [4.78, 5) is 34.4. The Labute approximate surface area is 161 Å². The van der Waals surface area contributed by atoms with Crippen LogP contribution >= 0.6 is 11.9 Å². The van der Waals surface area contributed by atoms with Gasteiger partial charge in [-0.25, -0.2) is 0 Å². The van der Waals surface area contributed by atoms with Gasteiger partial charge in [0.2, 0.25) is 11.0 Å². The Kier molecular flexibility index (Phi) is 6.13. The largest absolute Gasteiger partial charge is 0.481 e. The Morgan fingerprint density at radius 1 is 1.07 bits per heavy atom. The summed E-state index contributed by atoms with van der Waals surface area (Å²) in [6.45, 7) is 0. The van der Waals surface area contributed by atoms with Crippen molar-refractivity contribution in [1.82, 2.24) is 4.31 Å². The fourth-order valence-corrected chi connectivity index (χ4v) is 3.82. The van der Waals surface area contributed by atoms with Gasteiger partial charge >= 0.3 is 5.97 Å². The maximum atomic E-state index is 12.0. The molecule has 0 radical (unpaired) electrons. The first-order chi connectivity index (χ1) is 13.0. The number of carbonyl (C=O) groups is 3. The lowest BCUT2D eigenvalue weighted by Crippen LogP contribution is -2.30. The van der Waals surface area contributed by atoms with E-state index in [1.165, 1.54) is 4.31 Å². The molecule has 3 rings (SSSR count). The molecule has 2 aromatic carbocycles. The Morgan fingerprint density at radius 2 is 1.74 bits per heavy atom.